The van der Waals surface area contributed by atoms with Gasteiger partial charge in [-0.2, -0.15) is 0 Å². The Balaban J connectivity index is 0.000000178. The van der Waals surface area contributed by atoms with E-state index in [9.17, 15) is 0 Å². The molecule has 8 aromatic carbocycles. The second-order valence-corrected chi connectivity index (χ2v) is 620. The molecular weight excluding hydrogens is 4390 g/mol. The average Bonchev–Trinajstić information content (AvgIpc) is 1.48. The number of hydrogen-bond acceptors (Lipinski definition) is 3. The van der Waals surface area contributed by atoms with Gasteiger partial charge in [0.25, 0.3) is 0 Å². The normalized spacial score (nSPS) is 21.8. The maximum atomic E-state index is 3.24. The van der Waals surface area contributed by atoms with Crippen molar-refractivity contribution in [3.8, 4) is 0 Å². The van der Waals surface area contributed by atoms with Crippen LogP contribution in [-0.4, -0.2) is 12.3 Å². The quantitative estimate of drug-likeness (QED) is 0.0705. The van der Waals surface area contributed by atoms with Gasteiger partial charge in [-0.1, -0.05) is 232 Å². The van der Waals surface area contributed by atoms with Gasteiger partial charge in [0.1, 0.15) is 0 Å². The van der Waals surface area contributed by atoms with Gasteiger partial charge < -0.3 is 14.7 Å². The Hall–Kier alpha value is 12.2. The number of nitrogens with zero attached hydrogens (tertiary/aromatic N) is 3. The van der Waals surface area contributed by atoms with E-state index >= 15 is 0 Å². The number of halogens is 26. The molecule has 3 nitrogen and oxygen atoms in total. The fourth-order valence-corrected chi connectivity index (χ4v) is 4210. The summed E-state index contributed by atoms with van der Waals surface area (Å²) >= 11 is 43.5. The van der Waals surface area contributed by atoms with E-state index in [0.29, 0.717) is 5.92 Å². The molecule has 0 bridgehead atoms. The Labute approximate surface area is 878 Å². The van der Waals surface area contributed by atoms with Crippen molar-refractivity contribution in [2.75, 3.05) is 14.7 Å². The van der Waals surface area contributed by atoms with Gasteiger partial charge in [0.05, 0.1) is 5.54 Å². The van der Waals surface area contributed by atoms with Crippen molar-refractivity contribution in [2.24, 2.45) is 5.41 Å². The Morgan fingerprint density at radius 3 is 1.26 bits per heavy atom. The first-order valence-corrected chi connectivity index (χ1v) is 195. The first-order valence-electron chi connectivity index (χ1n) is 37.7. The topological polar surface area (TPSA) is 9.72 Å². The number of aryl methyl sites for hydroxylation is 4. The van der Waals surface area contributed by atoms with Crippen molar-refractivity contribution < 1.29 is 0 Å². The predicted octanol–water partition coefficient (Wildman–Crippen LogP) is 45.3. The molecule has 3 aliphatic carbocycles. The second-order valence-electron chi connectivity index (χ2n) is 35.6. The van der Waals surface area contributed by atoms with E-state index in [2.05, 4.69) is 565 Å². The minimum absolute atomic E-state index is 0. The van der Waals surface area contributed by atoms with E-state index in [1.807, 2.05) is 0 Å². The third kappa shape index (κ3) is 23.2. The molecule has 0 saturated heterocycles. The molecule has 0 aromatic heterocycles. The van der Waals surface area contributed by atoms with Crippen LogP contribution in [0.4, 0.5) is 45.5 Å². The van der Waals surface area contributed by atoms with Gasteiger partial charge in [-0.3, -0.25) is 0 Å². The number of rotatable bonds is 16. The van der Waals surface area contributed by atoms with E-state index in [-0.39, 0.29) is 57.6 Å². The summed E-state index contributed by atoms with van der Waals surface area (Å²) in [6.45, 7) is 47.5. The van der Waals surface area contributed by atoms with E-state index in [1.54, 1.807) is 27.6 Å². The second kappa shape index (κ2) is 44.6. The van der Waals surface area contributed by atoms with Crippen molar-refractivity contribution >= 4 is 424 Å². The molecule has 6 aliphatic rings. The van der Waals surface area contributed by atoms with E-state index in [0.717, 1.165) is 0 Å². The van der Waals surface area contributed by atoms with Crippen LogP contribution in [0.15, 0.2) is 152 Å². The molecule has 0 N–H and O–H groups in total. The van der Waals surface area contributed by atoms with Crippen molar-refractivity contribution in [1.29, 1.82) is 0 Å². The number of benzene rings is 8. The number of anilines is 8. The molecule has 2 saturated carbocycles. The van der Waals surface area contributed by atoms with Gasteiger partial charge in [0.15, 0.2) is 0 Å². The molecular formula is C86H106BI26N3. The fourth-order valence-electron chi connectivity index (χ4n) is 18.3. The van der Waals surface area contributed by atoms with Gasteiger partial charge >= 0.3 is 355 Å². The molecule has 650 valence electrons. The van der Waals surface area contributed by atoms with E-state index in [1.165, 1.54) is 152 Å². The molecule has 5 atom stereocenters. The predicted molar refractivity (Wildman–Crippen MR) is 757 cm³/mol. The number of fused-ring (bicyclic) bond motifs is 10. The van der Waals surface area contributed by atoms with Crippen molar-refractivity contribution in [3.63, 3.8) is 0 Å². The van der Waals surface area contributed by atoms with Crippen LogP contribution in [0.2, 0.25) is 0 Å². The van der Waals surface area contributed by atoms with Crippen LogP contribution >= 0.6 is 355 Å². The Kier molecular flexibility index (Phi) is 41.7. The van der Waals surface area contributed by atoms with Crippen molar-refractivity contribution in [3.05, 3.63) is 218 Å². The van der Waals surface area contributed by atoms with Crippen molar-refractivity contribution in [2.45, 2.75) is 241 Å². The van der Waals surface area contributed by atoms with Crippen LogP contribution in [0.25, 0.3) is 0 Å². The van der Waals surface area contributed by atoms with Crippen LogP contribution in [0.3, 0.4) is 0 Å². The first kappa shape index (κ1) is 109. The maximum absolute atomic E-state index is 3.24. The monoisotopic (exact) mass is 4490 g/mol. The molecule has 30 heteroatoms. The molecule has 5 unspecified atom stereocenters. The molecule has 14 rings (SSSR count). The summed E-state index contributed by atoms with van der Waals surface area (Å²) in [6.07, 6.45) is 10.3. The van der Waals surface area contributed by atoms with Gasteiger partial charge in [0.2, 0.25) is 6.71 Å². The summed E-state index contributed by atoms with van der Waals surface area (Å²) in [5.41, 5.74) is 33.2. The summed E-state index contributed by atoms with van der Waals surface area (Å²) < 4.78 is 0. The zero-order valence-electron chi connectivity index (χ0n) is 67.9. The molecule has 0 amide bonds. The first-order chi connectivity index (χ1) is 53.5. The molecule has 0 spiro atoms. The van der Waals surface area contributed by atoms with Crippen LogP contribution in [0, 0.1) is 33.1 Å². The van der Waals surface area contributed by atoms with Crippen LogP contribution in [-0.2, 0) is 32.5 Å². The molecule has 3 heterocycles. The third-order valence-corrected chi connectivity index (χ3v) is 1840. The average molecular weight is 4490 g/mol. The Morgan fingerprint density at radius 2 is 0.776 bits per heavy atom. The van der Waals surface area contributed by atoms with E-state index in [4.69, 9.17) is 0 Å². The molecule has 8 aromatic rings. The van der Waals surface area contributed by atoms with Gasteiger partial charge in [0, 0.05) is 56.8 Å². The molecule has 116 heavy (non-hydrogen) atoms. The van der Waals surface area contributed by atoms with Crippen LogP contribution < -0.4 is 31.1 Å². The molecule has 2 fully saturated rings. The van der Waals surface area contributed by atoms with Gasteiger partial charge in [-0.25, -0.2) is 0 Å². The van der Waals surface area contributed by atoms with Gasteiger partial charge in [-0.05, 0) is 232 Å². The van der Waals surface area contributed by atoms with Crippen LogP contribution in [0.1, 0.15) is 242 Å². The Bertz CT molecular complexity index is 4760. The van der Waals surface area contributed by atoms with Crippen molar-refractivity contribution in [1.82, 2.24) is 0 Å². The summed E-state index contributed by atoms with van der Waals surface area (Å²) in [6, 6.07) is 59.8. The standard InChI is InChI=1S/C43H50BN.C42H52N2.CH4.I26/c1-26-21-31-38-37-32(42(9)19-11-12-20-43(38,42)10)22-27(2)23-34(37)44-33-25-29(41(6,7)8)15-18-35(33)45(36(24-26)39(31)44)30-16-13-28(14-17-30)40(3,4)5;1-29-13-22-38-37(27-29)41(9)23-11-12-24-42(41,10)44(38)36-26-30(2)25-35(28-36)43(33-18-14-31(15-19-33)39(3,4)5)34-20-16-32(17-21-34)40(6,7)8;;1-15(2)17(5)19(7)21(9)23(11)25(13)26(14)24(12)22(10)20(8)18(6)16(3)4/h13-18,21-25,38H,11-12,19-20H2,1-10H3;13-22,25-28H,11-12,23-24H2,1-10H3;1H4;. The molecule has 0 radical (unpaired) electrons. The van der Waals surface area contributed by atoms with Crippen LogP contribution in [0.5, 0.6) is 0 Å². The zero-order chi connectivity index (χ0) is 84.4. The van der Waals surface area contributed by atoms with Gasteiger partial charge in [-0.15, -0.1) is 0 Å². The summed E-state index contributed by atoms with van der Waals surface area (Å²) in [5.74, 6) is 0.441. The zero-order valence-corrected chi connectivity index (χ0v) is 124. The summed E-state index contributed by atoms with van der Waals surface area (Å²) in [7, 11) is -5.32. The summed E-state index contributed by atoms with van der Waals surface area (Å²) in [4.78, 5) is 7.76. The third-order valence-electron chi connectivity index (χ3n) is 24.4. The molecule has 3 aliphatic heterocycles. The number of hydrogen-bond donors (Lipinski definition) is 0. The van der Waals surface area contributed by atoms with E-state index < -0.39 is 94.7 Å². The SMILES string of the molecule is C.Cc1cc(N(c2ccc(C(C)(C)C)cc2)c2ccc(C(C)(C)C)cc2)cc(N2c3ccc(C)cc3C3(C)CCCCC23C)c1.Cc1cc2c3c(c1)N(c1ccc(C(C)(C)C)cc1)c1ccc(C(C)(C)C)cc1B3c1cc(C)cc3c1C2C1(C)CCCCC31C.II(I)I(I)I(I)I(I)I(I)I(I)I(I)I(I)I(I)I(I)I(I)I(I)I. The fraction of sp³-hybridized carbons (Fsp3) is 0.442. The Morgan fingerprint density at radius 1 is 0.362 bits per heavy atom. The summed E-state index contributed by atoms with van der Waals surface area (Å²) in [5, 5.41) is 0. The minimum atomic E-state index is -0.462.